The summed E-state index contributed by atoms with van der Waals surface area (Å²) in [6.45, 7) is 2.06. The van der Waals surface area contributed by atoms with Crippen molar-refractivity contribution in [3.63, 3.8) is 0 Å². The Morgan fingerprint density at radius 3 is 2.65 bits per heavy atom. The third-order valence-electron chi connectivity index (χ3n) is 3.38. The second-order valence-corrected chi connectivity index (χ2v) is 5.58. The average molecular weight is 275 g/mol. The quantitative estimate of drug-likeness (QED) is 0.584. The van der Waals surface area contributed by atoms with Crippen molar-refractivity contribution in [2.45, 2.75) is 6.92 Å². The molecule has 1 aromatic heterocycles. The van der Waals surface area contributed by atoms with E-state index in [1.54, 1.807) is 11.3 Å². The van der Waals surface area contributed by atoms with Crippen LogP contribution in [0.3, 0.4) is 0 Å². The standard InChI is InChI=1S/C18H13NS/c1-13-6-2-3-7-14(13)10-15(11-19)17-12-20-18-9-5-4-8-16(17)18/h2-10,12H,1H3/b15-10-. The molecule has 1 heterocycles. The van der Waals surface area contributed by atoms with Gasteiger partial charge in [0.25, 0.3) is 0 Å². The fourth-order valence-corrected chi connectivity index (χ4v) is 3.22. The molecule has 0 N–H and O–H groups in total. The first-order valence-electron chi connectivity index (χ1n) is 6.43. The highest BCUT2D eigenvalue weighted by Crippen LogP contribution is 2.31. The molecule has 20 heavy (non-hydrogen) atoms. The smallest absolute Gasteiger partial charge is 0.0998 e. The van der Waals surface area contributed by atoms with Gasteiger partial charge in [-0.05, 0) is 30.2 Å². The van der Waals surface area contributed by atoms with Gasteiger partial charge in [0.1, 0.15) is 0 Å². The molecule has 0 atom stereocenters. The monoisotopic (exact) mass is 275 g/mol. The van der Waals surface area contributed by atoms with Crippen LogP contribution in [0.2, 0.25) is 0 Å². The minimum atomic E-state index is 0.719. The van der Waals surface area contributed by atoms with Crippen molar-refractivity contribution >= 4 is 33.1 Å². The van der Waals surface area contributed by atoms with Crippen LogP contribution in [0.1, 0.15) is 16.7 Å². The van der Waals surface area contributed by atoms with E-state index in [4.69, 9.17) is 0 Å². The van der Waals surface area contributed by atoms with E-state index in [1.165, 1.54) is 10.3 Å². The van der Waals surface area contributed by atoms with Crippen LogP contribution in [0.5, 0.6) is 0 Å². The fraction of sp³-hybridized carbons (Fsp3) is 0.0556. The van der Waals surface area contributed by atoms with Crippen molar-refractivity contribution in [3.8, 4) is 6.07 Å². The van der Waals surface area contributed by atoms with E-state index in [-0.39, 0.29) is 0 Å². The van der Waals surface area contributed by atoms with Crippen molar-refractivity contribution in [2.24, 2.45) is 0 Å². The summed E-state index contributed by atoms with van der Waals surface area (Å²) in [5.74, 6) is 0. The minimum Gasteiger partial charge on any atom is -0.192 e. The third kappa shape index (κ3) is 2.24. The zero-order valence-electron chi connectivity index (χ0n) is 11.1. The summed E-state index contributed by atoms with van der Waals surface area (Å²) in [6.07, 6.45) is 1.98. The fourth-order valence-electron chi connectivity index (χ4n) is 2.26. The largest absolute Gasteiger partial charge is 0.192 e. The summed E-state index contributed by atoms with van der Waals surface area (Å²) >= 11 is 1.68. The predicted molar refractivity (Wildman–Crippen MR) is 86.5 cm³/mol. The number of hydrogen-bond acceptors (Lipinski definition) is 2. The minimum absolute atomic E-state index is 0.719. The first kappa shape index (κ1) is 12.7. The van der Waals surface area contributed by atoms with E-state index in [9.17, 15) is 5.26 Å². The molecule has 0 radical (unpaired) electrons. The summed E-state index contributed by atoms with van der Waals surface area (Å²) in [5.41, 5.74) is 4.02. The van der Waals surface area contributed by atoms with Gasteiger partial charge in [0.2, 0.25) is 0 Å². The molecule has 0 saturated heterocycles. The van der Waals surface area contributed by atoms with Crippen LogP contribution in [0.25, 0.3) is 21.7 Å². The molecule has 0 unspecified atom stereocenters. The lowest BCUT2D eigenvalue weighted by Crippen LogP contribution is -1.83. The summed E-state index contributed by atoms with van der Waals surface area (Å²) in [7, 11) is 0. The number of hydrogen-bond donors (Lipinski definition) is 0. The van der Waals surface area contributed by atoms with Crippen LogP contribution in [0.15, 0.2) is 53.9 Å². The van der Waals surface area contributed by atoms with Gasteiger partial charge >= 0.3 is 0 Å². The highest BCUT2D eigenvalue weighted by atomic mass is 32.1. The molecule has 3 rings (SSSR count). The summed E-state index contributed by atoms with van der Waals surface area (Å²) in [6, 6.07) is 18.7. The second kappa shape index (κ2) is 5.32. The number of allylic oxidation sites excluding steroid dienone is 1. The van der Waals surface area contributed by atoms with Gasteiger partial charge in [-0.3, -0.25) is 0 Å². The lowest BCUT2D eigenvalue weighted by molar-refractivity contribution is 1.44. The van der Waals surface area contributed by atoms with Crippen molar-refractivity contribution in [3.05, 3.63) is 70.6 Å². The third-order valence-corrected chi connectivity index (χ3v) is 4.34. The molecule has 0 aliphatic heterocycles. The normalized spacial score (nSPS) is 11.5. The van der Waals surface area contributed by atoms with Gasteiger partial charge in [0.15, 0.2) is 0 Å². The molecule has 0 saturated carbocycles. The Morgan fingerprint density at radius 1 is 1.10 bits per heavy atom. The van der Waals surface area contributed by atoms with Gasteiger partial charge < -0.3 is 0 Å². The Bertz CT molecular complexity index is 834. The lowest BCUT2D eigenvalue weighted by Gasteiger charge is -2.01. The maximum Gasteiger partial charge on any atom is 0.0998 e. The highest BCUT2D eigenvalue weighted by Gasteiger charge is 2.08. The topological polar surface area (TPSA) is 23.8 Å². The Hall–Kier alpha value is -2.37. The number of rotatable bonds is 2. The number of benzene rings is 2. The molecule has 2 aromatic carbocycles. The molecule has 0 amide bonds. The van der Waals surface area contributed by atoms with Crippen LogP contribution < -0.4 is 0 Å². The Kier molecular flexibility index (Phi) is 3.37. The number of nitriles is 1. The van der Waals surface area contributed by atoms with Gasteiger partial charge in [-0.1, -0.05) is 42.5 Å². The zero-order valence-corrected chi connectivity index (χ0v) is 11.9. The Labute approximate surface area is 122 Å². The predicted octanol–water partition coefficient (Wildman–Crippen LogP) is 5.27. The number of fused-ring (bicyclic) bond motifs is 1. The van der Waals surface area contributed by atoms with Gasteiger partial charge in [0.05, 0.1) is 11.6 Å². The highest BCUT2D eigenvalue weighted by molar-refractivity contribution is 7.17. The number of thiophene rings is 1. The average Bonchev–Trinajstić information content (AvgIpc) is 2.90. The molecule has 2 heteroatoms. The lowest BCUT2D eigenvalue weighted by atomic mass is 10.0. The van der Waals surface area contributed by atoms with Gasteiger partial charge in [0, 0.05) is 21.0 Å². The summed E-state index contributed by atoms with van der Waals surface area (Å²) < 4.78 is 1.22. The maximum atomic E-state index is 9.50. The molecule has 0 aliphatic carbocycles. The van der Waals surface area contributed by atoms with Crippen LogP contribution in [0.4, 0.5) is 0 Å². The van der Waals surface area contributed by atoms with Gasteiger partial charge in [-0.2, -0.15) is 5.26 Å². The van der Waals surface area contributed by atoms with Crippen LogP contribution in [0, 0.1) is 18.3 Å². The van der Waals surface area contributed by atoms with E-state index in [0.29, 0.717) is 0 Å². The molecule has 0 spiro atoms. The maximum absolute atomic E-state index is 9.50. The first-order valence-corrected chi connectivity index (χ1v) is 7.31. The van der Waals surface area contributed by atoms with Crippen LogP contribution in [-0.4, -0.2) is 0 Å². The number of aryl methyl sites for hydroxylation is 1. The van der Waals surface area contributed by atoms with Crippen molar-refractivity contribution in [1.29, 1.82) is 5.26 Å². The molecule has 0 fully saturated rings. The van der Waals surface area contributed by atoms with Crippen LogP contribution in [-0.2, 0) is 0 Å². The van der Waals surface area contributed by atoms with E-state index < -0.39 is 0 Å². The molecule has 3 aromatic rings. The van der Waals surface area contributed by atoms with Crippen LogP contribution >= 0.6 is 11.3 Å². The van der Waals surface area contributed by atoms with Crippen molar-refractivity contribution < 1.29 is 0 Å². The van der Waals surface area contributed by atoms with Crippen molar-refractivity contribution in [1.82, 2.24) is 0 Å². The van der Waals surface area contributed by atoms with Gasteiger partial charge in [-0.15, -0.1) is 11.3 Å². The molecule has 1 nitrogen and oxygen atoms in total. The zero-order chi connectivity index (χ0) is 13.9. The molecule has 0 aliphatic rings. The second-order valence-electron chi connectivity index (χ2n) is 4.67. The summed E-state index contributed by atoms with van der Waals surface area (Å²) in [5, 5.41) is 12.7. The van der Waals surface area contributed by atoms with E-state index in [1.807, 2.05) is 36.4 Å². The van der Waals surface area contributed by atoms with Crippen molar-refractivity contribution in [2.75, 3.05) is 0 Å². The Balaban J connectivity index is 2.16. The van der Waals surface area contributed by atoms with E-state index >= 15 is 0 Å². The number of nitrogens with zero attached hydrogens (tertiary/aromatic N) is 1. The summed E-state index contributed by atoms with van der Waals surface area (Å²) in [4.78, 5) is 0. The molecular weight excluding hydrogens is 262 g/mol. The SMILES string of the molecule is Cc1ccccc1/C=C(/C#N)c1csc2ccccc12. The van der Waals surface area contributed by atoms with E-state index in [0.717, 1.165) is 22.1 Å². The molecular formula is C18H13NS. The molecule has 0 bridgehead atoms. The van der Waals surface area contributed by atoms with Gasteiger partial charge in [-0.25, -0.2) is 0 Å². The van der Waals surface area contributed by atoms with E-state index in [2.05, 4.69) is 36.6 Å². The first-order chi connectivity index (χ1) is 9.79. The molecule has 96 valence electrons. The Morgan fingerprint density at radius 2 is 1.85 bits per heavy atom.